The Morgan fingerprint density at radius 3 is 2.80 bits per heavy atom. The van der Waals surface area contributed by atoms with Crippen LogP contribution in [0.2, 0.25) is 0 Å². The molecule has 3 aromatic rings. The Bertz CT molecular complexity index is 839. The predicted octanol–water partition coefficient (Wildman–Crippen LogP) is 4.29. The third kappa shape index (κ3) is 3.43. The van der Waals surface area contributed by atoms with Crippen LogP contribution in [0.4, 0.5) is 0 Å². The van der Waals surface area contributed by atoms with Crippen LogP contribution in [-0.2, 0) is 0 Å². The van der Waals surface area contributed by atoms with E-state index in [0.717, 1.165) is 31.9 Å². The third-order valence-electron chi connectivity index (χ3n) is 4.81. The fourth-order valence-electron chi connectivity index (χ4n) is 3.68. The van der Waals surface area contributed by atoms with Crippen LogP contribution in [0, 0.1) is 0 Å². The zero-order valence-corrected chi connectivity index (χ0v) is 15.4. The highest BCUT2D eigenvalue weighted by Crippen LogP contribution is 2.38. The van der Waals surface area contributed by atoms with Crippen molar-refractivity contribution in [3.05, 3.63) is 65.0 Å². The van der Waals surface area contributed by atoms with Gasteiger partial charge in [-0.15, -0.1) is 11.3 Å². The van der Waals surface area contributed by atoms with Gasteiger partial charge in [0.15, 0.2) is 0 Å². The van der Waals surface area contributed by atoms with E-state index in [1.807, 2.05) is 24.3 Å². The Morgan fingerprint density at radius 1 is 1.12 bits per heavy atom. The monoisotopic (exact) mass is 352 g/mol. The molecule has 1 fully saturated rings. The smallest absolute Gasteiger partial charge is 0.119 e. The highest BCUT2D eigenvalue weighted by molar-refractivity contribution is 7.17. The summed E-state index contributed by atoms with van der Waals surface area (Å²) in [5, 5.41) is 7.18. The zero-order chi connectivity index (χ0) is 17.1. The molecular formula is C21H24N2OS. The molecule has 0 radical (unpaired) electrons. The Labute approximate surface area is 153 Å². The summed E-state index contributed by atoms with van der Waals surface area (Å²) in [6.45, 7) is 6.95. The summed E-state index contributed by atoms with van der Waals surface area (Å²) < 4.78 is 7.12. The molecule has 1 N–H and O–H groups in total. The number of rotatable bonds is 5. The van der Waals surface area contributed by atoms with Gasteiger partial charge in [-0.1, -0.05) is 30.3 Å². The maximum absolute atomic E-state index is 5.76. The van der Waals surface area contributed by atoms with Gasteiger partial charge in [-0.05, 0) is 47.0 Å². The van der Waals surface area contributed by atoms with E-state index >= 15 is 0 Å². The van der Waals surface area contributed by atoms with E-state index in [1.54, 1.807) is 0 Å². The average Bonchev–Trinajstić information content (AvgIpc) is 3.08. The topological polar surface area (TPSA) is 24.5 Å². The van der Waals surface area contributed by atoms with E-state index in [4.69, 9.17) is 4.74 Å². The first kappa shape index (κ1) is 16.6. The second-order valence-corrected chi connectivity index (χ2v) is 7.29. The molecule has 1 aliphatic rings. The van der Waals surface area contributed by atoms with Crippen LogP contribution in [0.25, 0.3) is 10.1 Å². The molecule has 3 nitrogen and oxygen atoms in total. The minimum absolute atomic E-state index is 0.277. The summed E-state index contributed by atoms with van der Waals surface area (Å²) in [6.07, 6.45) is 0. The molecule has 0 spiro atoms. The molecule has 4 rings (SSSR count). The highest BCUT2D eigenvalue weighted by Gasteiger charge is 2.26. The van der Waals surface area contributed by atoms with Crippen LogP contribution in [-0.4, -0.2) is 37.7 Å². The molecule has 0 saturated carbocycles. The average molecular weight is 353 g/mol. The highest BCUT2D eigenvalue weighted by atomic mass is 32.1. The fraction of sp³-hybridized carbons (Fsp3) is 0.333. The van der Waals surface area contributed by atoms with Gasteiger partial charge in [-0.2, -0.15) is 0 Å². The molecule has 1 aromatic heterocycles. The quantitative estimate of drug-likeness (QED) is 0.741. The molecule has 4 heteroatoms. The maximum atomic E-state index is 5.76. The number of hydrogen-bond acceptors (Lipinski definition) is 4. The summed E-state index contributed by atoms with van der Waals surface area (Å²) in [4.78, 5) is 2.59. The van der Waals surface area contributed by atoms with Crippen LogP contribution < -0.4 is 10.1 Å². The van der Waals surface area contributed by atoms with Gasteiger partial charge in [-0.25, -0.2) is 0 Å². The van der Waals surface area contributed by atoms with Crippen molar-refractivity contribution in [3.63, 3.8) is 0 Å². The number of hydrogen-bond donors (Lipinski definition) is 1. The molecule has 0 bridgehead atoms. The van der Waals surface area contributed by atoms with Crippen molar-refractivity contribution in [1.29, 1.82) is 0 Å². The van der Waals surface area contributed by atoms with Crippen molar-refractivity contribution in [2.24, 2.45) is 0 Å². The van der Waals surface area contributed by atoms with Crippen LogP contribution in [0.3, 0.4) is 0 Å². The molecule has 0 aliphatic carbocycles. The standard InChI is InChI=1S/C21H24N2OS/c1-2-24-17-7-5-6-16(14-17)21(23-12-10-22-11-13-23)19-15-25-20-9-4-3-8-18(19)20/h3-9,14-15,21-22H,2,10-13H2,1H3. The Kier molecular flexibility index (Phi) is 5.02. The van der Waals surface area contributed by atoms with Crippen molar-refractivity contribution >= 4 is 21.4 Å². The van der Waals surface area contributed by atoms with E-state index in [-0.39, 0.29) is 6.04 Å². The number of piperazine rings is 1. The summed E-state index contributed by atoms with van der Waals surface area (Å²) in [5.74, 6) is 0.958. The third-order valence-corrected chi connectivity index (χ3v) is 5.79. The lowest BCUT2D eigenvalue weighted by atomic mass is 9.95. The first-order valence-corrected chi connectivity index (χ1v) is 9.88. The first-order valence-electron chi connectivity index (χ1n) is 9.00. The van der Waals surface area contributed by atoms with Crippen LogP contribution >= 0.6 is 11.3 Å². The van der Waals surface area contributed by atoms with E-state index in [1.165, 1.54) is 21.2 Å². The van der Waals surface area contributed by atoms with Gasteiger partial charge < -0.3 is 10.1 Å². The SMILES string of the molecule is CCOc1cccc(C(c2csc3ccccc23)N2CCNCC2)c1. The first-order chi connectivity index (χ1) is 12.4. The van der Waals surface area contributed by atoms with Crippen LogP contribution in [0.15, 0.2) is 53.9 Å². The molecule has 1 atom stereocenters. The van der Waals surface area contributed by atoms with Crippen molar-refractivity contribution in [3.8, 4) is 5.75 Å². The summed E-state index contributed by atoms with van der Waals surface area (Å²) in [7, 11) is 0. The van der Waals surface area contributed by atoms with E-state index in [9.17, 15) is 0 Å². The van der Waals surface area contributed by atoms with E-state index < -0.39 is 0 Å². The Balaban J connectivity index is 1.80. The molecular weight excluding hydrogens is 328 g/mol. The molecule has 130 valence electrons. The molecule has 1 aliphatic heterocycles. The van der Waals surface area contributed by atoms with E-state index in [0.29, 0.717) is 6.61 Å². The van der Waals surface area contributed by atoms with Gasteiger partial charge in [0, 0.05) is 30.9 Å². The largest absolute Gasteiger partial charge is 0.494 e. The van der Waals surface area contributed by atoms with Crippen LogP contribution in [0.1, 0.15) is 24.1 Å². The molecule has 25 heavy (non-hydrogen) atoms. The number of nitrogens with zero attached hydrogens (tertiary/aromatic N) is 1. The van der Waals surface area contributed by atoms with Crippen molar-refractivity contribution in [2.75, 3.05) is 32.8 Å². The number of fused-ring (bicyclic) bond motifs is 1. The second kappa shape index (κ2) is 7.56. The molecule has 1 saturated heterocycles. The summed E-state index contributed by atoms with van der Waals surface area (Å²) in [5.41, 5.74) is 2.73. The minimum Gasteiger partial charge on any atom is -0.494 e. The van der Waals surface area contributed by atoms with Gasteiger partial charge in [0.05, 0.1) is 12.6 Å². The van der Waals surface area contributed by atoms with E-state index in [2.05, 4.69) is 58.1 Å². The molecule has 1 unspecified atom stereocenters. The predicted molar refractivity (Wildman–Crippen MR) is 106 cm³/mol. The summed E-state index contributed by atoms with van der Waals surface area (Å²) >= 11 is 1.84. The number of ether oxygens (including phenoxy) is 1. The van der Waals surface area contributed by atoms with Gasteiger partial charge >= 0.3 is 0 Å². The number of nitrogens with one attached hydrogen (secondary N) is 1. The molecule has 2 heterocycles. The van der Waals surface area contributed by atoms with Crippen LogP contribution in [0.5, 0.6) is 5.75 Å². The lowest BCUT2D eigenvalue weighted by Gasteiger charge is -2.35. The fourth-order valence-corrected chi connectivity index (χ4v) is 4.66. The Hall–Kier alpha value is -1.88. The molecule has 0 amide bonds. The van der Waals surface area contributed by atoms with Crippen molar-refractivity contribution < 1.29 is 4.74 Å². The Morgan fingerprint density at radius 2 is 1.96 bits per heavy atom. The van der Waals surface area contributed by atoms with Gasteiger partial charge in [0.1, 0.15) is 5.75 Å². The van der Waals surface area contributed by atoms with Gasteiger partial charge in [0.2, 0.25) is 0 Å². The van der Waals surface area contributed by atoms with Gasteiger partial charge in [0.25, 0.3) is 0 Å². The number of benzene rings is 2. The normalized spacial score (nSPS) is 16.8. The minimum atomic E-state index is 0.277. The lowest BCUT2D eigenvalue weighted by Crippen LogP contribution is -2.45. The number of thiophene rings is 1. The maximum Gasteiger partial charge on any atom is 0.119 e. The lowest BCUT2D eigenvalue weighted by molar-refractivity contribution is 0.199. The second-order valence-electron chi connectivity index (χ2n) is 6.38. The summed E-state index contributed by atoms with van der Waals surface area (Å²) in [6, 6.07) is 17.6. The zero-order valence-electron chi connectivity index (χ0n) is 14.6. The van der Waals surface area contributed by atoms with Crippen molar-refractivity contribution in [1.82, 2.24) is 10.2 Å². The van der Waals surface area contributed by atoms with Gasteiger partial charge in [-0.3, -0.25) is 4.90 Å². The van der Waals surface area contributed by atoms with Crippen molar-refractivity contribution in [2.45, 2.75) is 13.0 Å². The molecule has 2 aromatic carbocycles.